The molecular formula is C34H68O7. The van der Waals surface area contributed by atoms with E-state index in [0.29, 0.717) is 19.4 Å². The van der Waals surface area contributed by atoms with Crippen molar-refractivity contribution < 1.29 is 33.7 Å². The van der Waals surface area contributed by atoms with Gasteiger partial charge in [-0.25, -0.2) is 0 Å². The molecule has 7 nitrogen and oxygen atoms in total. The minimum absolute atomic E-state index is 0.0501. The zero-order valence-corrected chi connectivity index (χ0v) is 29.2. The molecule has 246 valence electrons. The van der Waals surface area contributed by atoms with Gasteiger partial charge in [0.05, 0.1) is 18.6 Å². The first-order valence-corrected chi connectivity index (χ1v) is 16.1. The van der Waals surface area contributed by atoms with Crippen LogP contribution in [0.5, 0.6) is 0 Å². The van der Waals surface area contributed by atoms with E-state index in [4.69, 9.17) is 14.2 Å². The second-order valence-corrected chi connectivity index (χ2v) is 8.54. The van der Waals surface area contributed by atoms with Crippen LogP contribution < -0.4 is 0 Å². The van der Waals surface area contributed by atoms with Crippen molar-refractivity contribution in [1.82, 2.24) is 0 Å². The first-order valence-electron chi connectivity index (χ1n) is 16.1. The maximum atomic E-state index is 12.5. The summed E-state index contributed by atoms with van der Waals surface area (Å²) in [5.41, 5.74) is 0. The van der Waals surface area contributed by atoms with E-state index in [2.05, 4.69) is 13.8 Å². The number of hydrogen-bond acceptors (Lipinski definition) is 7. The highest BCUT2D eigenvalue weighted by atomic mass is 16.6. The topological polar surface area (TPSA) is 99.1 Å². The van der Waals surface area contributed by atoms with Gasteiger partial charge in [0.1, 0.15) is 18.5 Å². The fourth-order valence-electron chi connectivity index (χ4n) is 3.59. The maximum absolute atomic E-state index is 12.5. The first kappa shape index (κ1) is 48.9. The molecule has 1 aliphatic heterocycles. The third kappa shape index (κ3) is 26.8. The molecule has 0 saturated heterocycles. The number of aliphatic hydroxyl groups is 1. The number of carbonyl (C=O) groups excluding carboxylic acids is 3. The number of hydrogen-bond donors (Lipinski definition) is 1. The van der Waals surface area contributed by atoms with E-state index < -0.39 is 24.3 Å². The van der Waals surface area contributed by atoms with E-state index in [9.17, 15) is 19.5 Å². The molecule has 41 heavy (non-hydrogen) atoms. The number of ketones is 1. The highest BCUT2D eigenvalue weighted by Gasteiger charge is 2.37. The van der Waals surface area contributed by atoms with Gasteiger partial charge in [-0.15, -0.1) is 0 Å². The summed E-state index contributed by atoms with van der Waals surface area (Å²) < 4.78 is 16.9. The van der Waals surface area contributed by atoms with E-state index in [-0.39, 0.29) is 36.6 Å². The van der Waals surface area contributed by atoms with Crippen LogP contribution in [0.3, 0.4) is 0 Å². The van der Waals surface area contributed by atoms with Gasteiger partial charge in [-0.05, 0) is 31.8 Å². The fraction of sp³-hybridized carbons (Fsp3) is 0.794. The largest absolute Gasteiger partial charge is 0.462 e. The number of ether oxygens (including phenoxy) is 3. The fourth-order valence-corrected chi connectivity index (χ4v) is 3.59. The Bertz CT molecular complexity index is 616. The lowest BCUT2D eigenvalue weighted by Crippen LogP contribution is -2.46. The molecule has 0 saturated carbocycles. The van der Waals surface area contributed by atoms with Crippen molar-refractivity contribution in [1.29, 1.82) is 0 Å². The molecule has 0 spiro atoms. The lowest BCUT2D eigenvalue weighted by molar-refractivity contribution is -0.160. The predicted octanol–water partition coefficient (Wildman–Crippen LogP) is 8.32. The highest BCUT2D eigenvalue weighted by Crippen LogP contribution is 2.28. The molecule has 0 fully saturated rings. The Morgan fingerprint density at radius 3 is 1.95 bits per heavy atom. The number of esters is 1. The minimum atomic E-state index is -1.17. The van der Waals surface area contributed by atoms with Crippen molar-refractivity contribution in [3.05, 3.63) is 24.3 Å². The summed E-state index contributed by atoms with van der Waals surface area (Å²) in [6.07, 6.45) is 7.29. The van der Waals surface area contributed by atoms with Crippen LogP contribution in [0.4, 0.5) is 0 Å². The van der Waals surface area contributed by atoms with Gasteiger partial charge in [0.2, 0.25) is 0 Å². The molecule has 0 aliphatic carbocycles. The van der Waals surface area contributed by atoms with Crippen LogP contribution in [0, 0.1) is 11.8 Å². The molecule has 7 heteroatoms. The standard InChI is InChI=1S/C23H36O7.C3H8.4C2H6/c1-5-13-29-22-18(11-12-24)14-16(2)19(25)10-8-6-7-9-17(3)30-21(27)15-20(26)23(22)28-4;1-3-2;4*1-2/h6-8,10,12,16-18,20,22-23,26H,5,9,11,13-15H2,1-4H3;3H2,1-2H3;4*1-2H3/b7-6+,10-8+;;;;;/t16-,17-,18+,20-,22+,23+;;;;;/m1...../s1. The molecule has 0 amide bonds. The van der Waals surface area contributed by atoms with Gasteiger partial charge >= 0.3 is 5.97 Å². The predicted molar refractivity (Wildman–Crippen MR) is 174 cm³/mol. The molecule has 6 atom stereocenters. The van der Waals surface area contributed by atoms with Gasteiger partial charge in [-0.3, -0.25) is 9.59 Å². The summed E-state index contributed by atoms with van der Waals surface area (Å²) in [5.74, 6) is -1.26. The summed E-state index contributed by atoms with van der Waals surface area (Å²) in [4.78, 5) is 36.1. The Morgan fingerprint density at radius 2 is 1.49 bits per heavy atom. The van der Waals surface area contributed by atoms with Gasteiger partial charge < -0.3 is 24.1 Å². The molecule has 1 N–H and O–H groups in total. The van der Waals surface area contributed by atoms with Crippen molar-refractivity contribution in [2.45, 2.75) is 153 Å². The van der Waals surface area contributed by atoms with Crippen LogP contribution in [0.25, 0.3) is 0 Å². The minimum Gasteiger partial charge on any atom is -0.462 e. The first-order chi connectivity index (χ1) is 19.7. The van der Waals surface area contributed by atoms with Gasteiger partial charge in [0, 0.05) is 32.5 Å². The summed E-state index contributed by atoms with van der Waals surface area (Å²) in [6.45, 7) is 26.2. The van der Waals surface area contributed by atoms with Crippen LogP contribution in [0.15, 0.2) is 24.3 Å². The molecule has 0 aromatic carbocycles. The van der Waals surface area contributed by atoms with Crippen molar-refractivity contribution in [2.75, 3.05) is 13.7 Å². The number of aliphatic hydroxyl groups excluding tert-OH is 1. The molecule has 0 bridgehead atoms. The van der Waals surface area contributed by atoms with Gasteiger partial charge in [-0.2, -0.15) is 0 Å². The molecule has 0 radical (unpaired) electrons. The van der Waals surface area contributed by atoms with Crippen LogP contribution in [-0.2, 0) is 28.6 Å². The lowest BCUT2D eigenvalue weighted by atomic mass is 9.83. The van der Waals surface area contributed by atoms with Crippen LogP contribution in [0.1, 0.15) is 129 Å². The van der Waals surface area contributed by atoms with Crippen molar-refractivity contribution in [3.63, 3.8) is 0 Å². The zero-order valence-electron chi connectivity index (χ0n) is 29.2. The highest BCUT2D eigenvalue weighted by molar-refractivity contribution is 5.91. The monoisotopic (exact) mass is 588 g/mol. The van der Waals surface area contributed by atoms with Crippen molar-refractivity contribution in [2.24, 2.45) is 11.8 Å². The molecule has 1 heterocycles. The van der Waals surface area contributed by atoms with E-state index in [1.54, 1.807) is 19.1 Å². The normalized spacial score (nSPS) is 26.0. The number of cyclic esters (lactones) is 1. The third-order valence-electron chi connectivity index (χ3n) is 5.18. The number of allylic oxidation sites excluding steroid dienone is 3. The Hall–Kier alpha value is -1.83. The number of methoxy groups -OCH3 is 1. The van der Waals surface area contributed by atoms with E-state index >= 15 is 0 Å². The average Bonchev–Trinajstić information content (AvgIpc) is 2.98. The second kappa shape index (κ2) is 38.2. The second-order valence-electron chi connectivity index (χ2n) is 8.54. The quantitative estimate of drug-likeness (QED) is 0.246. The van der Waals surface area contributed by atoms with Crippen LogP contribution >= 0.6 is 0 Å². The number of rotatable bonds is 6. The van der Waals surface area contributed by atoms with Gasteiger partial charge in [-0.1, -0.05) is 108 Å². The Labute approximate surface area is 254 Å². The zero-order chi connectivity index (χ0) is 33.2. The molecular weight excluding hydrogens is 520 g/mol. The van der Waals surface area contributed by atoms with E-state index in [1.807, 2.05) is 75.3 Å². The summed E-state index contributed by atoms with van der Waals surface area (Å²) >= 11 is 0. The molecule has 0 aromatic rings. The van der Waals surface area contributed by atoms with Crippen molar-refractivity contribution in [3.8, 4) is 0 Å². The SMILES string of the molecule is CC.CC.CC.CC.CCC.CCCO[C@H]1[C@@H](CC=O)C[C@@H](C)C(=O)/C=C/C=C/C[C@@H](C)OC(=O)C[C@@H](O)[C@@H]1OC. The molecule has 1 aliphatic rings. The third-order valence-corrected chi connectivity index (χ3v) is 5.18. The maximum Gasteiger partial charge on any atom is 0.308 e. The van der Waals surface area contributed by atoms with Crippen LogP contribution in [-0.4, -0.2) is 61.3 Å². The lowest BCUT2D eigenvalue weighted by Gasteiger charge is -2.35. The Kier molecular flexibility index (Phi) is 45.5. The van der Waals surface area contributed by atoms with E-state index in [0.717, 1.165) is 12.7 Å². The average molecular weight is 589 g/mol. The number of carbonyl (C=O) groups is 3. The Balaban J connectivity index is -0.000000346. The van der Waals surface area contributed by atoms with E-state index in [1.165, 1.54) is 19.6 Å². The smallest absolute Gasteiger partial charge is 0.308 e. The van der Waals surface area contributed by atoms with Gasteiger partial charge in [0.25, 0.3) is 0 Å². The van der Waals surface area contributed by atoms with Gasteiger partial charge in [0.15, 0.2) is 5.78 Å². The number of aldehydes is 1. The molecule has 1 rings (SSSR count). The summed E-state index contributed by atoms with van der Waals surface area (Å²) in [7, 11) is 1.43. The molecule has 0 unspecified atom stereocenters. The van der Waals surface area contributed by atoms with Crippen LogP contribution in [0.2, 0.25) is 0 Å². The molecule has 0 aromatic heterocycles. The van der Waals surface area contributed by atoms with Crippen molar-refractivity contribution >= 4 is 18.0 Å². The summed E-state index contributed by atoms with van der Waals surface area (Å²) in [5, 5.41) is 10.7. The Morgan fingerprint density at radius 1 is 0.951 bits per heavy atom. The summed E-state index contributed by atoms with van der Waals surface area (Å²) in [6, 6.07) is 0.